The first-order valence-electron chi connectivity index (χ1n) is 13.0. The van der Waals surface area contributed by atoms with Gasteiger partial charge in [-0.05, 0) is 24.6 Å². The van der Waals surface area contributed by atoms with E-state index < -0.39 is 91.2 Å². The van der Waals surface area contributed by atoms with E-state index >= 15 is 0 Å². The van der Waals surface area contributed by atoms with Crippen LogP contribution >= 0.6 is 0 Å². The van der Waals surface area contributed by atoms with Crippen LogP contribution in [0.1, 0.15) is 47.0 Å². The van der Waals surface area contributed by atoms with Crippen molar-refractivity contribution in [2.75, 3.05) is 6.61 Å². The lowest BCUT2D eigenvalue weighted by Gasteiger charge is -2.46. The molecule has 0 saturated carbocycles. The van der Waals surface area contributed by atoms with Gasteiger partial charge >= 0.3 is 0 Å². The summed E-state index contributed by atoms with van der Waals surface area (Å²) >= 11 is 0. The van der Waals surface area contributed by atoms with E-state index in [4.69, 9.17) is 18.9 Å². The third kappa shape index (κ3) is 5.22. The number of aromatic hydroxyl groups is 3. The van der Waals surface area contributed by atoms with Crippen molar-refractivity contribution in [3.8, 4) is 23.0 Å². The zero-order chi connectivity index (χ0) is 29.7. The minimum absolute atomic E-state index is 0.0157. The molecule has 11 atom stereocenters. The fourth-order valence-corrected chi connectivity index (χ4v) is 5.42. The molecule has 3 aliphatic rings. The minimum atomic E-state index is -1.87. The maximum Gasteiger partial charge on any atom is 0.187 e. The van der Waals surface area contributed by atoms with Gasteiger partial charge in [-0.25, -0.2) is 0 Å². The first-order chi connectivity index (χ1) is 19.4. The maximum atomic E-state index is 13.1. The second kappa shape index (κ2) is 11.3. The van der Waals surface area contributed by atoms with Crippen LogP contribution in [0.2, 0.25) is 0 Å². The number of ether oxygens (including phenoxy) is 4. The van der Waals surface area contributed by atoms with Crippen molar-refractivity contribution >= 4 is 5.78 Å². The molecule has 0 aliphatic carbocycles. The van der Waals surface area contributed by atoms with Gasteiger partial charge in [-0.3, -0.25) is 4.79 Å². The first-order valence-corrected chi connectivity index (χ1v) is 13.0. The Balaban J connectivity index is 1.47. The van der Waals surface area contributed by atoms with Gasteiger partial charge in [-0.15, -0.1) is 0 Å². The molecule has 5 rings (SSSR count). The Hall–Kier alpha value is -3.05. The van der Waals surface area contributed by atoms with E-state index in [9.17, 15) is 50.8 Å². The lowest BCUT2D eigenvalue weighted by molar-refractivity contribution is -0.338. The summed E-state index contributed by atoms with van der Waals surface area (Å²) in [7, 11) is 0. The molecule has 224 valence electrons. The van der Waals surface area contributed by atoms with Crippen molar-refractivity contribution < 1.29 is 69.7 Å². The molecule has 0 radical (unpaired) electrons. The summed E-state index contributed by atoms with van der Waals surface area (Å²) in [4.78, 5) is 13.1. The number of hydrogen-bond acceptors (Lipinski definition) is 14. The van der Waals surface area contributed by atoms with E-state index in [1.165, 1.54) is 31.2 Å². The molecule has 2 unspecified atom stereocenters. The molecule has 3 aliphatic heterocycles. The van der Waals surface area contributed by atoms with E-state index in [1.807, 2.05) is 0 Å². The Morgan fingerprint density at radius 1 is 0.878 bits per heavy atom. The molecular formula is C27H32O14. The number of rotatable bonds is 5. The summed E-state index contributed by atoms with van der Waals surface area (Å²) in [5, 5.41) is 93.5. The molecule has 0 spiro atoms. The van der Waals surface area contributed by atoms with Crippen LogP contribution in [0, 0.1) is 0 Å². The lowest BCUT2D eigenvalue weighted by Crippen LogP contribution is -2.62. The average Bonchev–Trinajstić information content (AvgIpc) is 2.93. The molecule has 0 aromatic heterocycles. The number of benzene rings is 2. The highest BCUT2D eigenvalue weighted by molar-refractivity contribution is 6.03. The van der Waals surface area contributed by atoms with E-state index in [2.05, 4.69) is 0 Å². The molecule has 2 fully saturated rings. The number of hydrogen-bond donors (Lipinski definition) is 9. The van der Waals surface area contributed by atoms with Crippen LogP contribution in [-0.4, -0.2) is 113 Å². The number of Topliss-reactive ketones (excluding diaryl/α,β-unsaturated/α-hetero) is 1. The Bertz CT molecular complexity index is 1270. The van der Waals surface area contributed by atoms with E-state index in [0.717, 1.165) is 6.07 Å². The molecular weight excluding hydrogens is 548 g/mol. The fourth-order valence-electron chi connectivity index (χ4n) is 5.42. The Morgan fingerprint density at radius 3 is 2.22 bits per heavy atom. The number of carbonyl (C=O) groups is 1. The topological polar surface area (TPSA) is 236 Å². The summed E-state index contributed by atoms with van der Waals surface area (Å²) in [6, 6.07) is 6.71. The fraction of sp³-hybridized carbons (Fsp3) is 0.519. The maximum absolute atomic E-state index is 13.1. The molecule has 0 amide bonds. The van der Waals surface area contributed by atoms with E-state index in [1.54, 1.807) is 0 Å². The van der Waals surface area contributed by atoms with E-state index in [-0.39, 0.29) is 29.0 Å². The van der Waals surface area contributed by atoms with Crippen molar-refractivity contribution in [1.29, 1.82) is 0 Å². The Labute approximate surface area is 233 Å². The van der Waals surface area contributed by atoms with Crippen molar-refractivity contribution in [2.24, 2.45) is 0 Å². The highest BCUT2D eigenvalue weighted by atomic mass is 16.7. The zero-order valence-corrected chi connectivity index (χ0v) is 21.7. The van der Waals surface area contributed by atoms with Crippen molar-refractivity contribution in [3.05, 3.63) is 47.0 Å². The summed E-state index contributed by atoms with van der Waals surface area (Å²) in [6.45, 7) is 0.632. The third-order valence-corrected chi connectivity index (χ3v) is 7.70. The van der Waals surface area contributed by atoms with E-state index in [0.29, 0.717) is 5.56 Å². The highest BCUT2D eigenvalue weighted by Gasteiger charge is 2.51. The summed E-state index contributed by atoms with van der Waals surface area (Å²) < 4.78 is 22.9. The van der Waals surface area contributed by atoms with Gasteiger partial charge in [-0.1, -0.05) is 12.1 Å². The zero-order valence-electron chi connectivity index (χ0n) is 21.7. The SMILES string of the molecule is C[C@@H]1O[C@@H](O[C@H]2[C@H](O)[C@@H](O)C(c3c(O)cc(O)c4c3OC(c3ccc(O)cc3)CC4=O)O[C@@H]2CO)[C@H](O)[C@H](O)[C@H]1O. The van der Waals surface area contributed by atoms with Crippen LogP contribution in [0.4, 0.5) is 0 Å². The van der Waals surface area contributed by atoms with Gasteiger partial charge in [0.2, 0.25) is 0 Å². The van der Waals surface area contributed by atoms with Crippen LogP contribution in [0.15, 0.2) is 30.3 Å². The van der Waals surface area contributed by atoms with Gasteiger partial charge in [-0.2, -0.15) is 0 Å². The van der Waals surface area contributed by atoms with Gasteiger partial charge < -0.3 is 64.9 Å². The number of ketones is 1. The normalized spacial score (nSPS) is 37.3. The second-order valence-corrected chi connectivity index (χ2v) is 10.4. The second-order valence-electron chi connectivity index (χ2n) is 10.4. The monoisotopic (exact) mass is 580 g/mol. The molecule has 2 aromatic carbocycles. The highest BCUT2D eigenvalue weighted by Crippen LogP contribution is 2.50. The van der Waals surface area contributed by atoms with Crippen LogP contribution in [0.3, 0.4) is 0 Å². The van der Waals surface area contributed by atoms with Crippen LogP contribution in [0.5, 0.6) is 23.0 Å². The molecule has 14 heteroatoms. The van der Waals surface area contributed by atoms with Gasteiger partial charge in [0.05, 0.1) is 24.7 Å². The standard InChI is InChI=1S/C27H32O14/c1-9-19(33)20(34)23(37)27(38-9)41-24-16(8-28)40-26(22(36)21(24)35)18-13(31)6-12(30)17-14(32)7-15(39-25(17)18)10-2-4-11(29)5-3-10/h2-6,9,15-16,19-24,26-31,33-37H,7-8H2,1H3/t9-,15?,16+,19-,20+,21+,22+,23+,24+,26?,27-/m0/s1. The average molecular weight is 581 g/mol. The summed E-state index contributed by atoms with van der Waals surface area (Å²) in [5.41, 5.74) is -0.0634. The van der Waals surface area contributed by atoms with Crippen molar-refractivity contribution in [3.63, 3.8) is 0 Å². The number of phenols is 3. The van der Waals surface area contributed by atoms with Gasteiger partial charge in [0.25, 0.3) is 0 Å². The Kier molecular flexibility index (Phi) is 8.13. The number of fused-ring (bicyclic) bond motifs is 1. The third-order valence-electron chi connectivity index (χ3n) is 7.70. The molecule has 41 heavy (non-hydrogen) atoms. The van der Waals surface area contributed by atoms with Gasteiger partial charge in [0.15, 0.2) is 12.1 Å². The summed E-state index contributed by atoms with van der Waals surface area (Å²) in [5.74, 6) is -2.09. The lowest BCUT2D eigenvalue weighted by atomic mass is 9.86. The summed E-state index contributed by atoms with van der Waals surface area (Å²) in [6.07, 6.45) is -16.7. The van der Waals surface area contributed by atoms with Crippen LogP contribution < -0.4 is 4.74 Å². The van der Waals surface area contributed by atoms with Crippen LogP contribution in [0.25, 0.3) is 0 Å². The largest absolute Gasteiger partial charge is 0.508 e. The molecule has 14 nitrogen and oxygen atoms in total. The number of aliphatic hydroxyl groups is 6. The number of carbonyl (C=O) groups excluding carboxylic acids is 1. The molecule has 2 saturated heterocycles. The first kappa shape index (κ1) is 29.4. The molecule has 2 aromatic rings. The molecule has 3 heterocycles. The number of aliphatic hydroxyl groups excluding tert-OH is 6. The van der Waals surface area contributed by atoms with Gasteiger partial charge in [0.1, 0.15) is 83.5 Å². The molecule has 9 N–H and O–H groups in total. The van der Waals surface area contributed by atoms with Gasteiger partial charge in [0, 0.05) is 6.07 Å². The van der Waals surface area contributed by atoms with Crippen molar-refractivity contribution in [1.82, 2.24) is 0 Å². The quantitative estimate of drug-likeness (QED) is 0.204. The Morgan fingerprint density at radius 2 is 1.56 bits per heavy atom. The van der Waals surface area contributed by atoms with Crippen molar-refractivity contribution in [2.45, 2.75) is 80.7 Å². The number of phenolic OH excluding ortho intramolecular Hbond substituents is 3. The van der Waals surface area contributed by atoms with Crippen LogP contribution in [-0.2, 0) is 14.2 Å². The minimum Gasteiger partial charge on any atom is -0.508 e. The predicted octanol–water partition coefficient (Wildman–Crippen LogP) is -1.12. The smallest absolute Gasteiger partial charge is 0.187 e. The predicted molar refractivity (Wildman–Crippen MR) is 134 cm³/mol. The molecule has 0 bridgehead atoms.